The number of nitrogens with one attached hydrogen (secondary N) is 1. The first-order valence-corrected chi connectivity index (χ1v) is 9.15. The lowest BCUT2D eigenvalue weighted by molar-refractivity contribution is -0.118. The van der Waals surface area contributed by atoms with Crippen LogP contribution in [0.4, 0.5) is 11.6 Å². The van der Waals surface area contributed by atoms with Crippen molar-refractivity contribution in [3.8, 4) is 11.5 Å². The fourth-order valence-corrected chi connectivity index (χ4v) is 2.62. The number of amides is 1. The van der Waals surface area contributed by atoms with Crippen molar-refractivity contribution in [2.75, 3.05) is 37.5 Å². The fraction of sp³-hybridized carbons (Fsp3) is 0.238. The first-order chi connectivity index (χ1) is 14.2. The van der Waals surface area contributed by atoms with Crippen molar-refractivity contribution in [2.24, 2.45) is 0 Å². The number of nitrogens with zero attached hydrogens (tertiary/aromatic N) is 4. The van der Waals surface area contributed by atoms with Gasteiger partial charge in [0, 0.05) is 26.0 Å². The Kier molecular flexibility index (Phi) is 6.94. The van der Waals surface area contributed by atoms with Crippen molar-refractivity contribution in [3.63, 3.8) is 0 Å². The predicted molar refractivity (Wildman–Crippen MR) is 110 cm³/mol. The minimum atomic E-state index is -0.330. The lowest BCUT2D eigenvalue weighted by atomic mass is 10.2. The van der Waals surface area contributed by atoms with Crippen LogP contribution in [0.25, 0.3) is 0 Å². The topological polar surface area (TPSA) is 89.5 Å². The highest BCUT2D eigenvalue weighted by Gasteiger charge is 2.09. The molecule has 0 aliphatic carbocycles. The van der Waals surface area contributed by atoms with Crippen LogP contribution in [-0.4, -0.2) is 48.4 Å². The first-order valence-electron chi connectivity index (χ1n) is 9.15. The fourth-order valence-electron chi connectivity index (χ4n) is 2.62. The maximum Gasteiger partial charge on any atom is 0.263 e. The molecule has 0 aliphatic heterocycles. The standard InChI is InChI=1S/C21H23N5O3/c1-26(14-11-16-9-12-22-13-10-16)20-8-7-19(24-25-20)23-21(27)15-29-18-6-4-3-5-17(18)28-2/h3-10,12-13H,11,14-15H2,1-2H3,(H,23,24,27). The Labute approximate surface area is 169 Å². The minimum Gasteiger partial charge on any atom is -0.493 e. The van der Waals surface area contributed by atoms with Gasteiger partial charge in [-0.2, -0.15) is 0 Å². The van der Waals surface area contributed by atoms with Crippen molar-refractivity contribution in [1.82, 2.24) is 15.2 Å². The van der Waals surface area contributed by atoms with Crippen molar-refractivity contribution in [2.45, 2.75) is 6.42 Å². The Bertz CT molecular complexity index is 919. The summed E-state index contributed by atoms with van der Waals surface area (Å²) in [6, 6.07) is 14.7. The van der Waals surface area contributed by atoms with E-state index in [-0.39, 0.29) is 12.5 Å². The van der Waals surface area contributed by atoms with Gasteiger partial charge in [-0.15, -0.1) is 10.2 Å². The molecule has 8 nitrogen and oxygen atoms in total. The molecule has 3 rings (SSSR count). The number of ether oxygens (including phenoxy) is 2. The van der Waals surface area contributed by atoms with Crippen molar-refractivity contribution < 1.29 is 14.3 Å². The van der Waals surface area contributed by atoms with Crippen LogP contribution in [0.2, 0.25) is 0 Å². The molecule has 150 valence electrons. The average molecular weight is 393 g/mol. The molecule has 0 saturated carbocycles. The number of carbonyl (C=O) groups is 1. The van der Waals surface area contributed by atoms with E-state index in [1.807, 2.05) is 42.3 Å². The van der Waals surface area contributed by atoms with E-state index in [1.165, 1.54) is 5.56 Å². The zero-order chi connectivity index (χ0) is 20.5. The molecular formula is C21H23N5O3. The van der Waals surface area contributed by atoms with Gasteiger partial charge in [0.1, 0.15) is 0 Å². The number of pyridine rings is 1. The quantitative estimate of drug-likeness (QED) is 0.598. The van der Waals surface area contributed by atoms with Gasteiger partial charge in [0.25, 0.3) is 5.91 Å². The molecule has 0 aliphatic rings. The highest BCUT2D eigenvalue weighted by Crippen LogP contribution is 2.25. The number of rotatable bonds is 9. The molecule has 0 atom stereocenters. The van der Waals surface area contributed by atoms with Gasteiger partial charge in [0.15, 0.2) is 29.7 Å². The molecule has 0 saturated heterocycles. The first kappa shape index (κ1) is 20.1. The zero-order valence-corrected chi connectivity index (χ0v) is 16.4. The highest BCUT2D eigenvalue weighted by atomic mass is 16.5. The summed E-state index contributed by atoms with van der Waals surface area (Å²) in [5.41, 5.74) is 1.21. The maximum atomic E-state index is 12.1. The number of anilines is 2. The van der Waals surface area contributed by atoms with E-state index in [2.05, 4.69) is 20.5 Å². The highest BCUT2D eigenvalue weighted by molar-refractivity contribution is 5.90. The number of hydrogen-bond donors (Lipinski definition) is 1. The summed E-state index contributed by atoms with van der Waals surface area (Å²) >= 11 is 0. The Morgan fingerprint density at radius 1 is 1.03 bits per heavy atom. The van der Waals surface area contributed by atoms with Gasteiger partial charge in [-0.3, -0.25) is 9.78 Å². The summed E-state index contributed by atoms with van der Waals surface area (Å²) in [5.74, 6) is 1.83. The van der Waals surface area contributed by atoms with Crippen LogP contribution in [0.1, 0.15) is 5.56 Å². The molecule has 0 bridgehead atoms. The molecule has 2 heterocycles. The van der Waals surface area contributed by atoms with E-state index >= 15 is 0 Å². The van der Waals surface area contributed by atoms with Gasteiger partial charge < -0.3 is 19.7 Å². The van der Waals surface area contributed by atoms with E-state index in [9.17, 15) is 4.79 Å². The summed E-state index contributed by atoms with van der Waals surface area (Å²) in [6.07, 6.45) is 4.44. The summed E-state index contributed by atoms with van der Waals surface area (Å²) in [4.78, 5) is 18.1. The molecular weight excluding hydrogens is 370 g/mol. The second kappa shape index (κ2) is 10.0. The van der Waals surface area contributed by atoms with E-state index in [0.29, 0.717) is 17.3 Å². The van der Waals surface area contributed by atoms with Gasteiger partial charge >= 0.3 is 0 Å². The van der Waals surface area contributed by atoms with Crippen molar-refractivity contribution in [1.29, 1.82) is 0 Å². The smallest absolute Gasteiger partial charge is 0.263 e. The summed E-state index contributed by atoms with van der Waals surface area (Å²) in [7, 11) is 3.50. The maximum absolute atomic E-state index is 12.1. The van der Waals surface area contributed by atoms with E-state index in [1.54, 1.807) is 37.7 Å². The lowest BCUT2D eigenvalue weighted by Gasteiger charge is -2.17. The third-order valence-electron chi connectivity index (χ3n) is 4.22. The van der Waals surface area contributed by atoms with Crippen molar-refractivity contribution >= 4 is 17.5 Å². The molecule has 3 aromatic rings. The molecule has 0 unspecified atom stereocenters. The van der Waals surface area contributed by atoms with E-state index in [4.69, 9.17) is 9.47 Å². The summed E-state index contributed by atoms with van der Waals surface area (Å²) < 4.78 is 10.7. The van der Waals surface area contributed by atoms with E-state index < -0.39 is 0 Å². The number of hydrogen-bond acceptors (Lipinski definition) is 7. The number of aromatic nitrogens is 3. The average Bonchev–Trinajstić information content (AvgIpc) is 2.77. The van der Waals surface area contributed by atoms with Crippen LogP contribution in [0.15, 0.2) is 60.9 Å². The SMILES string of the molecule is COc1ccccc1OCC(=O)Nc1ccc(N(C)CCc2ccncc2)nn1. The van der Waals surface area contributed by atoms with Gasteiger partial charge in [0.05, 0.1) is 7.11 Å². The van der Waals surface area contributed by atoms with Crippen LogP contribution in [0.5, 0.6) is 11.5 Å². The van der Waals surface area contributed by atoms with Crippen LogP contribution in [0.3, 0.4) is 0 Å². The third-order valence-corrected chi connectivity index (χ3v) is 4.22. The molecule has 0 fully saturated rings. The van der Waals surface area contributed by atoms with Gasteiger partial charge in [0.2, 0.25) is 0 Å². The lowest BCUT2D eigenvalue weighted by Crippen LogP contribution is -2.23. The zero-order valence-electron chi connectivity index (χ0n) is 16.4. The monoisotopic (exact) mass is 393 g/mol. The van der Waals surface area contributed by atoms with Gasteiger partial charge in [-0.05, 0) is 48.4 Å². The molecule has 1 amide bonds. The molecule has 0 radical (unpaired) electrons. The number of carbonyl (C=O) groups excluding carboxylic acids is 1. The molecule has 0 spiro atoms. The second-order valence-corrected chi connectivity index (χ2v) is 6.29. The predicted octanol–water partition coefficient (Wildman–Crippen LogP) is 2.58. The Morgan fingerprint density at radius 3 is 2.48 bits per heavy atom. The Morgan fingerprint density at radius 2 is 1.79 bits per heavy atom. The van der Waals surface area contributed by atoms with Crippen LogP contribution < -0.4 is 19.7 Å². The second-order valence-electron chi connectivity index (χ2n) is 6.29. The summed E-state index contributed by atoms with van der Waals surface area (Å²) in [6.45, 7) is 0.632. The van der Waals surface area contributed by atoms with Gasteiger partial charge in [-0.1, -0.05) is 12.1 Å². The van der Waals surface area contributed by atoms with Crippen LogP contribution in [0, 0.1) is 0 Å². The largest absolute Gasteiger partial charge is 0.493 e. The molecule has 2 aromatic heterocycles. The van der Waals surface area contributed by atoms with Crippen LogP contribution in [-0.2, 0) is 11.2 Å². The molecule has 29 heavy (non-hydrogen) atoms. The number of likely N-dealkylation sites (N-methyl/N-ethyl adjacent to an activating group) is 1. The van der Waals surface area contributed by atoms with Gasteiger partial charge in [-0.25, -0.2) is 0 Å². The Balaban J connectivity index is 1.48. The third kappa shape index (κ3) is 5.90. The molecule has 1 aromatic carbocycles. The van der Waals surface area contributed by atoms with Crippen LogP contribution >= 0.6 is 0 Å². The minimum absolute atomic E-state index is 0.157. The van der Waals surface area contributed by atoms with Crippen molar-refractivity contribution in [3.05, 3.63) is 66.5 Å². The summed E-state index contributed by atoms with van der Waals surface area (Å²) in [5, 5.41) is 10.9. The Hall–Kier alpha value is -3.68. The molecule has 8 heteroatoms. The molecule has 1 N–H and O–H groups in total. The number of methoxy groups -OCH3 is 1. The normalized spacial score (nSPS) is 10.3. The number of para-hydroxylation sites is 2. The van der Waals surface area contributed by atoms with E-state index in [0.717, 1.165) is 18.8 Å². The number of benzene rings is 1.